The number of β-amino-alcohol motifs (C(OH)–C–C–N with tert-alkyl or cyclic N) is 1. The van der Waals surface area contributed by atoms with Crippen molar-refractivity contribution in [2.24, 2.45) is 0 Å². The minimum Gasteiger partial charge on any atom is -0.490 e. The van der Waals surface area contributed by atoms with E-state index in [1.165, 1.54) is 11.5 Å². The highest BCUT2D eigenvalue weighted by Crippen LogP contribution is 2.38. The number of hydrogen-bond donors (Lipinski definition) is 2. The zero-order valence-electron chi connectivity index (χ0n) is 8.64. The Balaban J connectivity index is 2.20. The number of rotatable bonds is 2. The normalized spacial score (nSPS) is 21.7. The Hall–Kier alpha value is -1.01. The van der Waals surface area contributed by atoms with E-state index in [1.54, 1.807) is 7.11 Å². The van der Waals surface area contributed by atoms with Gasteiger partial charge in [0, 0.05) is 13.1 Å². The molecule has 1 unspecified atom stereocenters. The summed E-state index contributed by atoms with van der Waals surface area (Å²) in [6, 6.07) is 0. The average molecular weight is 229 g/mol. The lowest BCUT2D eigenvalue weighted by atomic mass is 10.1. The fraction of sp³-hybridized carbons (Fsp3) is 0.667. The van der Waals surface area contributed by atoms with Gasteiger partial charge in [-0.15, -0.1) is 0 Å². The highest BCUT2D eigenvalue weighted by Gasteiger charge is 2.23. The lowest BCUT2D eigenvalue weighted by molar-refractivity contribution is 0.154. The first-order valence-electron chi connectivity index (χ1n) is 4.94. The SMILES string of the molecule is COc1c(N)nsc1N1CCCC(O)C1. The molecule has 1 aliphatic rings. The number of nitrogens with two attached hydrogens (primary N) is 1. The van der Waals surface area contributed by atoms with E-state index in [4.69, 9.17) is 10.5 Å². The summed E-state index contributed by atoms with van der Waals surface area (Å²) in [5.41, 5.74) is 5.68. The Kier molecular flexibility index (Phi) is 2.97. The summed E-state index contributed by atoms with van der Waals surface area (Å²) in [6.45, 7) is 1.56. The molecule has 3 N–H and O–H groups in total. The maximum atomic E-state index is 9.58. The van der Waals surface area contributed by atoms with Crippen molar-refractivity contribution in [3.63, 3.8) is 0 Å². The van der Waals surface area contributed by atoms with Gasteiger partial charge >= 0.3 is 0 Å². The van der Waals surface area contributed by atoms with Gasteiger partial charge in [0.05, 0.1) is 13.2 Å². The topological polar surface area (TPSA) is 71.6 Å². The van der Waals surface area contributed by atoms with Crippen LogP contribution in [-0.4, -0.2) is 35.8 Å². The minimum absolute atomic E-state index is 0.258. The van der Waals surface area contributed by atoms with Gasteiger partial charge in [-0.05, 0) is 24.4 Å². The Morgan fingerprint density at radius 3 is 3.13 bits per heavy atom. The van der Waals surface area contributed by atoms with Gasteiger partial charge in [0.15, 0.2) is 16.6 Å². The Morgan fingerprint density at radius 1 is 1.67 bits per heavy atom. The number of anilines is 2. The van der Waals surface area contributed by atoms with E-state index in [1.807, 2.05) is 0 Å². The third kappa shape index (κ3) is 2.00. The maximum absolute atomic E-state index is 9.58. The standard InChI is InChI=1S/C9H15N3O2S/c1-14-7-8(10)11-15-9(7)12-4-2-3-6(13)5-12/h6,13H,2-5H2,1H3,(H2,10,11). The second kappa shape index (κ2) is 4.24. The van der Waals surface area contributed by atoms with Crippen LogP contribution in [0.5, 0.6) is 5.75 Å². The van der Waals surface area contributed by atoms with Crippen molar-refractivity contribution in [2.75, 3.05) is 30.8 Å². The Morgan fingerprint density at radius 2 is 2.47 bits per heavy atom. The van der Waals surface area contributed by atoms with Crippen molar-refractivity contribution >= 4 is 22.4 Å². The summed E-state index contributed by atoms with van der Waals surface area (Å²) in [7, 11) is 1.59. The molecule has 1 aromatic rings. The molecule has 1 saturated heterocycles. The third-order valence-corrected chi connectivity index (χ3v) is 3.45. The lowest BCUT2D eigenvalue weighted by Gasteiger charge is -2.30. The molecule has 0 radical (unpaired) electrons. The largest absolute Gasteiger partial charge is 0.490 e. The highest BCUT2D eigenvalue weighted by atomic mass is 32.1. The molecule has 1 fully saturated rings. The number of nitrogens with zero attached hydrogens (tertiary/aromatic N) is 2. The van der Waals surface area contributed by atoms with Crippen molar-refractivity contribution in [1.29, 1.82) is 0 Å². The molecular formula is C9H15N3O2S. The van der Waals surface area contributed by atoms with Crippen LogP contribution in [0.2, 0.25) is 0 Å². The summed E-state index contributed by atoms with van der Waals surface area (Å²) in [6.07, 6.45) is 1.60. The fourth-order valence-electron chi connectivity index (χ4n) is 1.82. The predicted octanol–water partition coefficient (Wildman–Crippen LogP) is 0.695. The van der Waals surface area contributed by atoms with Crippen LogP contribution >= 0.6 is 11.5 Å². The predicted molar refractivity (Wildman–Crippen MR) is 60.5 cm³/mol. The van der Waals surface area contributed by atoms with Crippen LogP contribution in [0.15, 0.2) is 0 Å². The van der Waals surface area contributed by atoms with Crippen LogP contribution in [-0.2, 0) is 0 Å². The number of methoxy groups -OCH3 is 1. The van der Waals surface area contributed by atoms with Crippen molar-refractivity contribution < 1.29 is 9.84 Å². The number of hydrogen-bond acceptors (Lipinski definition) is 6. The second-order valence-electron chi connectivity index (χ2n) is 3.65. The van der Waals surface area contributed by atoms with E-state index in [0.29, 0.717) is 18.1 Å². The first kappa shape index (κ1) is 10.5. The van der Waals surface area contributed by atoms with E-state index >= 15 is 0 Å². The molecule has 2 heterocycles. The second-order valence-corrected chi connectivity index (χ2v) is 4.40. The summed E-state index contributed by atoms with van der Waals surface area (Å²) >= 11 is 1.32. The number of aliphatic hydroxyl groups excluding tert-OH is 1. The number of piperidine rings is 1. The van der Waals surface area contributed by atoms with Gasteiger partial charge in [-0.3, -0.25) is 0 Å². The molecular weight excluding hydrogens is 214 g/mol. The van der Waals surface area contributed by atoms with Gasteiger partial charge in [-0.25, -0.2) is 0 Å². The minimum atomic E-state index is -0.258. The van der Waals surface area contributed by atoms with E-state index in [9.17, 15) is 5.11 Å². The van der Waals surface area contributed by atoms with Gasteiger partial charge in [0.25, 0.3) is 0 Å². The molecule has 0 amide bonds. The fourth-order valence-corrected chi connectivity index (χ4v) is 2.64. The van der Waals surface area contributed by atoms with Gasteiger partial charge in [-0.1, -0.05) is 0 Å². The monoisotopic (exact) mass is 229 g/mol. The molecule has 0 aliphatic carbocycles. The number of nitrogen functional groups attached to an aromatic ring is 1. The van der Waals surface area contributed by atoms with Gasteiger partial charge in [0.1, 0.15) is 0 Å². The van der Waals surface area contributed by atoms with Crippen molar-refractivity contribution in [2.45, 2.75) is 18.9 Å². The molecule has 0 saturated carbocycles. The van der Waals surface area contributed by atoms with Crippen molar-refractivity contribution in [3.05, 3.63) is 0 Å². The van der Waals surface area contributed by atoms with Gasteiger partial charge in [0.2, 0.25) is 0 Å². The van der Waals surface area contributed by atoms with Crippen LogP contribution < -0.4 is 15.4 Å². The zero-order chi connectivity index (χ0) is 10.8. The summed E-state index contributed by atoms with van der Waals surface area (Å²) in [5.74, 6) is 1.06. The quantitative estimate of drug-likeness (QED) is 0.781. The number of aliphatic hydroxyl groups is 1. The first-order valence-corrected chi connectivity index (χ1v) is 5.72. The van der Waals surface area contributed by atoms with E-state index in [2.05, 4.69) is 9.27 Å². The molecule has 15 heavy (non-hydrogen) atoms. The van der Waals surface area contributed by atoms with E-state index in [-0.39, 0.29) is 6.10 Å². The Bertz CT molecular complexity index is 342. The molecule has 84 valence electrons. The van der Waals surface area contributed by atoms with E-state index < -0.39 is 0 Å². The zero-order valence-corrected chi connectivity index (χ0v) is 9.46. The van der Waals surface area contributed by atoms with Crippen LogP contribution in [0, 0.1) is 0 Å². The van der Waals surface area contributed by atoms with Crippen LogP contribution in [0.3, 0.4) is 0 Å². The third-order valence-electron chi connectivity index (χ3n) is 2.55. The van der Waals surface area contributed by atoms with E-state index in [0.717, 1.165) is 24.4 Å². The molecule has 0 aromatic carbocycles. The van der Waals surface area contributed by atoms with Crippen LogP contribution in [0.25, 0.3) is 0 Å². The lowest BCUT2D eigenvalue weighted by Crippen LogP contribution is -2.37. The number of aromatic nitrogens is 1. The molecule has 0 bridgehead atoms. The highest BCUT2D eigenvalue weighted by molar-refractivity contribution is 7.11. The van der Waals surface area contributed by atoms with Gasteiger partial charge < -0.3 is 20.5 Å². The molecule has 6 heteroatoms. The molecule has 1 aliphatic heterocycles. The molecule has 1 aromatic heterocycles. The smallest absolute Gasteiger partial charge is 0.197 e. The molecule has 0 spiro atoms. The van der Waals surface area contributed by atoms with Crippen LogP contribution in [0.1, 0.15) is 12.8 Å². The first-order chi connectivity index (χ1) is 7.22. The maximum Gasteiger partial charge on any atom is 0.197 e. The molecule has 5 nitrogen and oxygen atoms in total. The summed E-state index contributed by atoms with van der Waals surface area (Å²) in [4.78, 5) is 2.08. The molecule has 2 rings (SSSR count). The summed E-state index contributed by atoms with van der Waals surface area (Å²) < 4.78 is 9.26. The Labute approximate surface area is 92.6 Å². The van der Waals surface area contributed by atoms with Crippen molar-refractivity contribution in [3.8, 4) is 5.75 Å². The van der Waals surface area contributed by atoms with Crippen LogP contribution in [0.4, 0.5) is 10.8 Å². The average Bonchev–Trinajstić information content (AvgIpc) is 2.59. The number of ether oxygens (including phenoxy) is 1. The molecule has 1 atom stereocenters. The van der Waals surface area contributed by atoms with Gasteiger partial charge in [-0.2, -0.15) is 4.37 Å². The summed E-state index contributed by atoms with van der Waals surface area (Å²) in [5, 5.41) is 10.5. The van der Waals surface area contributed by atoms with Crippen molar-refractivity contribution in [1.82, 2.24) is 4.37 Å².